The first-order chi connectivity index (χ1) is 14.0. The quantitative estimate of drug-likeness (QED) is 0.377. The lowest BCUT2D eigenvalue weighted by Crippen LogP contribution is -2.08. The van der Waals surface area contributed by atoms with Gasteiger partial charge in [-0.15, -0.1) is 0 Å². The second-order valence-electron chi connectivity index (χ2n) is 5.84. The van der Waals surface area contributed by atoms with E-state index < -0.39 is 34.5 Å². The Balaban J connectivity index is 2.07. The average Bonchev–Trinajstić information content (AvgIpc) is 2.72. The van der Waals surface area contributed by atoms with Crippen molar-refractivity contribution in [2.45, 2.75) is 6.61 Å². The van der Waals surface area contributed by atoms with Crippen LogP contribution < -0.4 is 15.0 Å². The zero-order valence-corrected chi connectivity index (χ0v) is 14.9. The number of ether oxygens (including phenoxy) is 1. The number of anilines is 2. The molecule has 0 atom stereocenters. The molecule has 0 aliphatic rings. The fourth-order valence-corrected chi connectivity index (χ4v) is 2.59. The number of halogens is 2. The number of benzene rings is 3. The molecule has 9 heteroatoms. The summed E-state index contributed by atoms with van der Waals surface area (Å²) < 4.78 is 34.6. The maximum atomic E-state index is 15.1. The molecule has 0 aliphatic heterocycles. The van der Waals surface area contributed by atoms with E-state index in [0.29, 0.717) is 0 Å². The first-order valence-corrected chi connectivity index (χ1v) is 8.36. The van der Waals surface area contributed by atoms with Crippen LogP contribution in [0.3, 0.4) is 0 Å². The number of aromatic carboxylic acids is 1. The zero-order valence-electron chi connectivity index (χ0n) is 14.9. The molecule has 7 nitrogen and oxygen atoms in total. The summed E-state index contributed by atoms with van der Waals surface area (Å²) in [5.41, 5.74) is 6.09. The molecule has 3 N–H and O–H groups in total. The van der Waals surface area contributed by atoms with E-state index in [1.807, 2.05) is 6.07 Å². The Kier molecular flexibility index (Phi) is 5.91. The number of carboxylic acids is 1. The molecule has 3 aromatic carbocycles. The zero-order chi connectivity index (χ0) is 20.8. The van der Waals surface area contributed by atoms with Crippen LogP contribution in [0.15, 0.2) is 65.8 Å². The normalized spacial score (nSPS) is 10.1. The number of carboxylic acid groups (broad SMARTS) is 1. The lowest BCUT2D eigenvalue weighted by Gasteiger charge is -2.15. The largest absolute Gasteiger partial charge is 0.486 e. The second kappa shape index (κ2) is 8.73. The summed E-state index contributed by atoms with van der Waals surface area (Å²) >= 11 is 0. The Labute approximate surface area is 163 Å². The predicted molar refractivity (Wildman–Crippen MR) is 101 cm³/mol. The third-order valence-electron chi connectivity index (χ3n) is 3.96. The maximum absolute atomic E-state index is 15.1. The minimum absolute atomic E-state index is 0.0138. The van der Waals surface area contributed by atoms with Gasteiger partial charge in [0.1, 0.15) is 18.0 Å². The van der Waals surface area contributed by atoms with Gasteiger partial charge in [-0.25, -0.2) is 13.6 Å². The van der Waals surface area contributed by atoms with E-state index in [4.69, 9.17) is 10.3 Å². The average molecular weight is 397 g/mol. The summed E-state index contributed by atoms with van der Waals surface area (Å²) in [6.07, 6.45) is 0. The van der Waals surface area contributed by atoms with Crippen molar-refractivity contribution in [2.75, 3.05) is 5.32 Å². The minimum atomic E-state index is -1.46. The Morgan fingerprint density at radius 2 is 1.83 bits per heavy atom. The molecule has 0 aliphatic carbocycles. The topological polar surface area (TPSA) is 109 Å². The number of para-hydroxylation sites is 1. The summed E-state index contributed by atoms with van der Waals surface area (Å²) in [5, 5.41) is 15.4. The second-order valence-corrected chi connectivity index (χ2v) is 5.84. The Morgan fingerprint density at radius 3 is 2.48 bits per heavy atom. The smallest absolute Gasteiger partial charge is 0.338 e. The van der Waals surface area contributed by atoms with E-state index in [9.17, 15) is 14.3 Å². The third kappa shape index (κ3) is 4.42. The van der Waals surface area contributed by atoms with Crippen LogP contribution >= 0.6 is 0 Å². The Morgan fingerprint density at radius 1 is 1.14 bits per heavy atom. The number of hydrogen-bond donors (Lipinski definition) is 3. The third-order valence-corrected chi connectivity index (χ3v) is 3.96. The minimum Gasteiger partial charge on any atom is -0.486 e. The van der Waals surface area contributed by atoms with Crippen LogP contribution in [-0.4, -0.2) is 11.1 Å². The van der Waals surface area contributed by atoms with Crippen LogP contribution in [0.2, 0.25) is 0 Å². The van der Waals surface area contributed by atoms with E-state index in [-0.39, 0.29) is 18.0 Å². The summed E-state index contributed by atoms with van der Waals surface area (Å²) in [4.78, 5) is 14.5. The lowest BCUT2D eigenvalue weighted by atomic mass is 10.1. The summed E-state index contributed by atoms with van der Waals surface area (Å²) in [6, 6.07) is 15.4. The fraction of sp³-hybridized carbons (Fsp3) is 0.0500. The van der Waals surface area contributed by atoms with E-state index in [0.717, 1.165) is 17.7 Å². The molecule has 0 fully saturated rings. The van der Waals surface area contributed by atoms with Gasteiger partial charge in [0.05, 0.1) is 16.9 Å². The monoisotopic (exact) mass is 397 g/mol. The van der Waals surface area contributed by atoms with Crippen LogP contribution in [0.5, 0.6) is 5.75 Å². The van der Waals surface area contributed by atoms with Gasteiger partial charge in [-0.05, 0) is 23.8 Å². The molecular weight excluding hydrogens is 382 g/mol. The van der Waals surface area contributed by atoms with Gasteiger partial charge in [0.15, 0.2) is 16.7 Å². The van der Waals surface area contributed by atoms with Crippen molar-refractivity contribution in [1.29, 1.82) is 5.53 Å². The van der Waals surface area contributed by atoms with Crippen molar-refractivity contribution in [3.05, 3.63) is 83.4 Å². The number of hydrogen-bond acceptors (Lipinski definition) is 5. The molecule has 0 spiro atoms. The Bertz CT molecular complexity index is 1100. The molecule has 29 heavy (non-hydrogen) atoms. The summed E-state index contributed by atoms with van der Waals surface area (Å²) in [7, 11) is 0. The predicted octanol–water partition coefficient (Wildman–Crippen LogP) is 5.17. The van der Waals surface area contributed by atoms with Gasteiger partial charge in [-0.1, -0.05) is 42.5 Å². The van der Waals surface area contributed by atoms with Gasteiger partial charge < -0.3 is 15.2 Å². The van der Waals surface area contributed by atoms with Crippen molar-refractivity contribution >= 4 is 23.0 Å². The molecule has 3 aromatic rings. The fourth-order valence-electron chi connectivity index (χ4n) is 2.59. The van der Waals surface area contributed by atoms with Gasteiger partial charge in [0, 0.05) is 0 Å². The van der Waals surface area contributed by atoms with Crippen molar-refractivity contribution < 1.29 is 23.4 Å². The SMILES string of the molecule is N=[N+]=Nc1c(OCc2ccccc2)cc(C(=O)O)c(Nc2ccccc2F)c1F. The maximum Gasteiger partial charge on any atom is 0.338 e. The van der Waals surface area contributed by atoms with Crippen molar-refractivity contribution in [2.24, 2.45) is 5.11 Å². The highest BCUT2D eigenvalue weighted by Crippen LogP contribution is 2.39. The molecule has 0 aromatic heterocycles. The molecule has 0 heterocycles. The van der Waals surface area contributed by atoms with Crippen molar-refractivity contribution in [3.63, 3.8) is 0 Å². The molecular formula is C20H15F2N4O3+. The van der Waals surface area contributed by atoms with Crippen LogP contribution in [-0.2, 0) is 6.61 Å². The highest BCUT2D eigenvalue weighted by Gasteiger charge is 2.26. The molecule has 0 amide bonds. The van der Waals surface area contributed by atoms with Gasteiger partial charge >= 0.3 is 5.97 Å². The van der Waals surface area contributed by atoms with E-state index in [2.05, 4.69) is 15.3 Å². The van der Waals surface area contributed by atoms with E-state index >= 15 is 4.39 Å². The van der Waals surface area contributed by atoms with Crippen LogP contribution in [0.1, 0.15) is 15.9 Å². The van der Waals surface area contributed by atoms with Gasteiger partial charge in [-0.2, -0.15) is 0 Å². The highest BCUT2D eigenvalue weighted by molar-refractivity contribution is 5.97. The molecule has 0 radical (unpaired) electrons. The summed E-state index contributed by atoms with van der Waals surface area (Å²) in [6.45, 7) is 0.0138. The molecule has 0 unspecified atom stereocenters. The first-order valence-electron chi connectivity index (χ1n) is 8.36. The van der Waals surface area contributed by atoms with Crippen LogP contribution in [0.4, 0.5) is 25.8 Å². The number of rotatable bonds is 7. The molecule has 0 saturated carbocycles. The number of nitrogens with one attached hydrogen (secondary N) is 2. The van der Waals surface area contributed by atoms with Crippen LogP contribution in [0, 0.1) is 17.2 Å². The van der Waals surface area contributed by atoms with Gasteiger partial charge in [-0.3, -0.25) is 0 Å². The molecule has 0 saturated heterocycles. The highest BCUT2D eigenvalue weighted by atomic mass is 19.1. The first kappa shape index (κ1) is 19.7. The Hall–Kier alpha value is -4.10. The lowest BCUT2D eigenvalue weighted by molar-refractivity contribution is 0.0697. The van der Waals surface area contributed by atoms with Crippen molar-refractivity contribution in [1.82, 2.24) is 4.91 Å². The number of nitrogens with zero attached hydrogens (tertiary/aromatic N) is 2. The standard InChI is InChI=1S/C20H14F2N4O3/c21-14-8-4-5-9-15(14)24-18-13(20(27)28)10-16(19(17(18)22)25-26-23)29-11-12-6-2-1-3-7-12/h1-10,23-24H,11H2/p+1. The van der Waals surface area contributed by atoms with Crippen LogP contribution in [0.25, 0.3) is 0 Å². The number of carbonyl (C=O) groups is 1. The van der Waals surface area contributed by atoms with E-state index in [1.54, 1.807) is 24.3 Å². The summed E-state index contributed by atoms with van der Waals surface area (Å²) in [5.74, 6) is -3.50. The van der Waals surface area contributed by atoms with Gasteiger partial charge in [0.25, 0.3) is 0 Å². The molecule has 3 rings (SSSR count). The van der Waals surface area contributed by atoms with Gasteiger partial charge in [0.2, 0.25) is 10.6 Å². The van der Waals surface area contributed by atoms with E-state index in [1.165, 1.54) is 18.2 Å². The van der Waals surface area contributed by atoms with Crippen molar-refractivity contribution in [3.8, 4) is 5.75 Å². The molecule has 0 bridgehead atoms. The molecule has 146 valence electrons.